The predicted octanol–water partition coefficient (Wildman–Crippen LogP) is -0.456. The molecule has 1 atom stereocenters. The number of carboxylic acids is 1. The van der Waals surface area contributed by atoms with Crippen molar-refractivity contribution in [3.63, 3.8) is 0 Å². The van der Waals surface area contributed by atoms with E-state index in [0.717, 1.165) is 13.1 Å². The number of morpholine rings is 1. The van der Waals surface area contributed by atoms with Crippen LogP contribution in [0.15, 0.2) is 0 Å². The first-order valence-electron chi connectivity index (χ1n) is 4.88. The van der Waals surface area contributed by atoms with Crippen LogP contribution < -0.4 is 0 Å². The number of ether oxygens (including phenoxy) is 1. The summed E-state index contributed by atoms with van der Waals surface area (Å²) in [5.41, 5.74) is 0. The van der Waals surface area contributed by atoms with Crippen molar-refractivity contribution in [3.05, 3.63) is 0 Å². The van der Waals surface area contributed by atoms with Crippen LogP contribution in [0.4, 0.5) is 0 Å². The van der Waals surface area contributed by atoms with Crippen LogP contribution in [0, 0.1) is 0 Å². The first kappa shape index (κ1) is 11.4. The molecule has 0 aromatic rings. The second-order valence-corrected chi connectivity index (χ2v) is 3.44. The van der Waals surface area contributed by atoms with Crippen LogP contribution in [0.5, 0.6) is 0 Å². The molecule has 1 fully saturated rings. The van der Waals surface area contributed by atoms with Gasteiger partial charge in [0, 0.05) is 25.7 Å². The highest BCUT2D eigenvalue weighted by Crippen LogP contribution is 2.10. The minimum absolute atomic E-state index is 0.0344. The van der Waals surface area contributed by atoms with E-state index in [9.17, 15) is 4.79 Å². The molecule has 0 aromatic carbocycles. The number of rotatable bonds is 5. The Labute approximate surface area is 83.3 Å². The molecule has 1 aliphatic rings. The Morgan fingerprint density at radius 1 is 1.57 bits per heavy atom. The number of aliphatic hydroxyl groups is 1. The SMILES string of the molecule is O=C(O)CC1COCCN1CCCO. The molecule has 1 heterocycles. The van der Waals surface area contributed by atoms with Crippen molar-refractivity contribution in [3.8, 4) is 0 Å². The van der Waals surface area contributed by atoms with Crippen molar-refractivity contribution >= 4 is 5.97 Å². The Balaban J connectivity index is 2.37. The van der Waals surface area contributed by atoms with Crippen molar-refractivity contribution in [1.29, 1.82) is 0 Å². The van der Waals surface area contributed by atoms with E-state index in [1.165, 1.54) is 0 Å². The smallest absolute Gasteiger partial charge is 0.305 e. The topological polar surface area (TPSA) is 70.0 Å². The Kier molecular flexibility index (Phi) is 4.86. The lowest BCUT2D eigenvalue weighted by atomic mass is 10.1. The molecule has 2 N–H and O–H groups in total. The third kappa shape index (κ3) is 3.61. The van der Waals surface area contributed by atoms with Crippen LogP contribution >= 0.6 is 0 Å². The molecule has 1 unspecified atom stereocenters. The zero-order valence-corrected chi connectivity index (χ0v) is 8.19. The average Bonchev–Trinajstić information content (AvgIpc) is 2.16. The maximum atomic E-state index is 10.6. The maximum absolute atomic E-state index is 10.6. The van der Waals surface area contributed by atoms with Gasteiger partial charge in [0.25, 0.3) is 0 Å². The monoisotopic (exact) mass is 203 g/mol. The van der Waals surface area contributed by atoms with Crippen LogP contribution in [-0.4, -0.2) is 60.0 Å². The molecular formula is C9H17NO4. The Morgan fingerprint density at radius 3 is 3.00 bits per heavy atom. The Bertz CT molecular complexity index is 186. The summed E-state index contributed by atoms with van der Waals surface area (Å²) in [4.78, 5) is 12.6. The van der Waals surface area contributed by atoms with Crippen molar-refractivity contribution in [2.24, 2.45) is 0 Å². The van der Waals surface area contributed by atoms with Gasteiger partial charge in [-0.05, 0) is 6.42 Å². The second kappa shape index (κ2) is 5.95. The molecule has 0 radical (unpaired) electrons. The molecule has 1 aliphatic heterocycles. The van der Waals surface area contributed by atoms with Gasteiger partial charge < -0.3 is 14.9 Å². The van der Waals surface area contributed by atoms with Crippen molar-refractivity contribution in [1.82, 2.24) is 4.90 Å². The van der Waals surface area contributed by atoms with Gasteiger partial charge in [0.15, 0.2) is 0 Å². The lowest BCUT2D eigenvalue weighted by Gasteiger charge is -2.34. The molecule has 5 heteroatoms. The number of hydrogen-bond donors (Lipinski definition) is 2. The van der Waals surface area contributed by atoms with Crippen LogP contribution in [0.3, 0.4) is 0 Å². The predicted molar refractivity (Wildman–Crippen MR) is 50.1 cm³/mol. The minimum atomic E-state index is -0.797. The highest BCUT2D eigenvalue weighted by Gasteiger charge is 2.24. The standard InChI is InChI=1S/C9H17NO4/c11-4-1-2-10-3-5-14-7-8(10)6-9(12)13/h8,11H,1-7H2,(H,12,13). The Morgan fingerprint density at radius 2 is 2.36 bits per heavy atom. The first-order chi connectivity index (χ1) is 6.74. The van der Waals surface area contributed by atoms with Gasteiger partial charge in [0.2, 0.25) is 0 Å². The zero-order chi connectivity index (χ0) is 10.4. The first-order valence-corrected chi connectivity index (χ1v) is 4.88. The second-order valence-electron chi connectivity index (χ2n) is 3.44. The number of carboxylic acid groups (broad SMARTS) is 1. The zero-order valence-electron chi connectivity index (χ0n) is 8.19. The molecule has 0 amide bonds. The van der Waals surface area contributed by atoms with E-state index in [0.29, 0.717) is 19.6 Å². The van der Waals surface area contributed by atoms with E-state index < -0.39 is 5.97 Å². The molecule has 0 saturated carbocycles. The van der Waals surface area contributed by atoms with Crippen molar-refractivity contribution in [2.75, 3.05) is 32.9 Å². The van der Waals surface area contributed by atoms with Gasteiger partial charge in [0.05, 0.1) is 19.6 Å². The number of carbonyl (C=O) groups is 1. The lowest BCUT2D eigenvalue weighted by Crippen LogP contribution is -2.46. The third-order valence-electron chi connectivity index (χ3n) is 2.36. The van der Waals surface area contributed by atoms with Crippen LogP contribution in [0.1, 0.15) is 12.8 Å². The average molecular weight is 203 g/mol. The van der Waals surface area contributed by atoms with Gasteiger partial charge in [-0.3, -0.25) is 9.69 Å². The van der Waals surface area contributed by atoms with Gasteiger partial charge in [-0.2, -0.15) is 0 Å². The van der Waals surface area contributed by atoms with E-state index >= 15 is 0 Å². The molecule has 5 nitrogen and oxygen atoms in total. The fraction of sp³-hybridized carbons (Fsp3) is 0.889. The molecule has 1 saturated heterocycles. The summed E-state index contributed by atoms with van der Waals surface area (Å²) in [5.74, 6) is -0.797. The van der Waals surface area contributed by atoms with Crippen LogP contribution in [0.25, 0.3) is 0 Å². The summed E-state index contributed by atoms with van der Waals surface area (Å²) >= 11 is 0. The number of nitrogens with zero attached hydrogens (tertiary/aromatic N) is 1. The van der Waals surface area contributed by atoms with Gasteiger partial charge in [-0.15, -0.1) is 0 Å². The maximum Gasteiger partial charge on any atom is 0.305 e. The molecule has 82 valence electrons. The van der Waals surface area contributed by atoms with Gasteiger partial charge in [0.1, 0.15) is 0 Å². The summed E-state index contributed by atoms with van der Waals surface area (Å²) in [6, 6.07) is -0.0344. The van der Waals surface area contributed by atoms with Crippen molar-refractivity contribution in [2.45, 2.75) is 18.9 Å². The molecule has 0 aliphatic carbocycles. The van der Waals surface area contributed by atoms with Crippen molar-refractivity contribution < 1.29 is 19.7 Å². The Hall–Kier alpha value is -0.650. The summed E-state index contributed by atoms with van der Waals surface area (Å²) in [6.45, 7) is 2.80. The highest BCUT2D eigenvalue weighted by atomic mass is 16.5. The largest absolute Gasteiger partial charge is 0.481 e. The van der Waals surface area contributed by atoms with E-state index in [4.69, 9.17) is 14.9 Å². The van der Waals surface area contributed by atoms with E-state index in [1.807, 2.05) is 0 Å². The number of aliphatic carboxylic acids is 1. The summed E-state index contributed by atoms with van der Waals surface area (Å²) in [5, 5.41) is 17.4. The fourth-order valence-corrected chi connectivity index (χ4v) is 1.65. The van der Waals surface area contributed by atoms with Gasteiger partial charge in [-0.1, -0.05) is 0 Å². The van der Waals surface area contributed by atoms with E-state index in [1.54, 1.807) is 0 Å². The van der Waals surface area contributed by atoms with E-state index in [-0.39, 0.29) is 19.1 Å². The minimum Gasteiger partial charge on any atom is -0.481 e. The fourth-order valence-electron chi connectivity index (χ4n) is 1.65. The normalized spacial score (nSPS) is 23.6. The summed E-state index contributed by atoms with van der Waals surface area (Å²) < 4.78 is 5.23. The van der Waals surface area contributed by atoms with Crippen LogP contribution in [0.2, 0.25) is 0 Å². The number of hydrogen-bond acceptors (Lipinski definition) is 4. The highest BCUT2D eigenvalue weighted by molar-refractivity contribution is 5.67. The summed E-state index contributed by atoms with van der Waals surface area (Å²) in [7, 11) is 0. The molecular weight excluding hydrogens is 186 g/mol. The molecule has 1 rings (SSSR count). The molecule has 0 aromatic heterocycles. The van der Waals surface area contributed by atoms with Gasteiger partial charge >= 0.3 is 5.97 Å². The number of aliphatic hydroxyl groups excluding tert-OH is 1. The van der Waals surface area contributed by atoms with Gasteiger partial charge in [-0.25, -0.2) is 0 Å². The lowest BCUT2D eigenvalue weighted by molar-refractivity contribution is -0.140. The van der Waals surface area contributed by atoms with Crippen LogP contribution in [-0.2, 0) is 9.53 Å². The quantitative estimate of drug-likeness (QED) is 0.633. The molecule has 14 heavy (non-hydrogen) atoms. The molecule has 0 spiro atoms. The van der Waals surface area contributed by atoms with E-state index in [2.05, 4.69) is 4.90 Å². The molecule has 0 bridgehead atoms. The third-order valence-corrected chi connectivity index (χ3v) is 2.36. The summed E-state index contributed by atoms with van der Waals surface area (Å²) in [6.07, 6.45) is 0.807.